The minimum atomic E-state index is -4.83. The van der Waals surface area contributed by atoms with Crippen LogP contribution in [0.2, 0.25) is 5.15 Å². The number of hydrogen-bond donors (Lipinski definition) is 5. The van der Waals surface area contributed by atoms with Gasteiger partial charge in [-0.1, -0.05) is 30.3 Å². The molecule has 0 saturated carbocycles. The zero-order valence-electron chi connectivity index (χ0n) is 22.8. The van der Waals surface area contributed by atoms with E-state index in [9.17, 15) is 9.36 Å². The maximum absolute atomic E-state index is 15.6. The molecule has 0 radical (unpaired) electrons. The molecule has 5 rings (SSSR count). The minimum absolute atomic E-state index is 0.00273. The molecule has 14 nitrogen and oxygen atoms in total. The number of ether oxygens (including phenoxy) is 1. The molecule has 0 aliphatic carbocycles. The Hall–Kier alpha value is -4.11. The van der Waals surface area contributed by atoms with E-state index in [1.165, 1.54) is 12.1 Å². The van der Waals surface area contributed by atoms with Gasteiger partial charge in [0.05, 0.1) is 11.1 Å². The van der Waals surface area contributed by atoms with Gasteiger partial charge in [-0.05, 0) is 31.3 Å². The van der Waals surface area contributed by atoms with Crippen LogP contribution in [0.1, 0.15) is 0 Å². The number of rotatable bonds is 10. The number of nitrogens with zero attached hydrogens (tertiary/aromatic N) is 5. The molecule has 1 aliphatic heterocycles. The quantitative estimate of drug-likeness (QED) is 0.0969. The van der Waals surface area contributed by atoms with Crippen LogP contribution in [0, 0.1) is 5.82 Å². The summed E-state index contributed by atoms with van der Waals surface area (Å²) in [6.07, 6.45) is 1.15. The van der Waals surface area contributed by atoms with Crippen LogP contribution in [0.4, 0.5) is 27.4 Å². The molecule has 4 aromatic rings. The van der Waals surface area contributed by atoms with Crippen molar-refractivity contribution < 1.29 is 32.8 Å². The Morgan fingerprint density at radius 1 is 1.21 bits per heavy atom. The summed E-state index contributed by atoms with van der Waals surface area (Å²) in [5.74, 6) is -0.984. The first-order valence-corrected chi connectivity index (χ1v) is 14.7. The first kappa shape index (κ1) is 30.4. The van der Waals surface area contributed by atoms with Gasteiger partial charge < -0.3 is 35.0 Å². The SMILES string of the molecule is C=CC(=O)Nc1cccc(-c2nc(Nc3cc(F)c(N4CCN(C)CC4)c(OCOP(=O)(O)O)c3)nc3[nH]nc(Cl)c23)c1. The van der Waals surface area contributed by atoms with E-state index in [0.29, 0.717) is 54.2 Å². The minimum Gasteiger partial charge on any atom is -0.465 e. The molecule has 2 aromatic heterocycles. The van der Waals surface area contributed by atoms with Crippen LogP contribution >= 0.6 is 19.4 Å². The van der Waals surface area contributed by atoms with Crippen molar-refractivity contribution in [1.82, 2.24) is 25.1 Å². The summed E-state index contributed by atoms with van der Waals surface area (Å²) in [5, 5.41) is 13.0. The number of hydrogen-bond acceptors (Lipinski definition) is 10. The Kier molecular flexibility index (Phi) is 8.92. The molecular weight excluding hydrogens is 606 g/mol. The molecule has 1 amide bonds. The van der Waals surface area contributed by atoms with E-state index < -0.39 is 20.4 Å². The predicted molar refractivity (Wildman–Crippen MR) is 159 cm³/mol. The van der Waals surface area contributed by atoms with Gasteiger partial charge in [0, 0.05) is 49.2 Å². The second kappa shape index (κ2) is 12.6. The van der Waals surface area contributed by atoms with E-state index in [1.54, 1.807) is 29.2 Å². The lowest BCUT2D eigenvalue weighted by Crippen LogP contribution is -2.45. The second-order valence-electron chi connectivity index (χ2n) is 9.51. The van der Waals surface area contributed by atoms with Crippen LogP contribution in [0.15, 0.2) is 49.1 Å². The molecule has 2 aromatic carbocycles. The summed E-state index contributed by atoms with van der Waals surface area (Å²) in [6.45, 7) is 5.01. The van der Waals surface area contributed by atoms with Crippen molar-refractivity contribution in [2.45, 2.75) is 0 Å². The second-order valence-corrected chi connectivity index (χ2v) is 11.1. The lowest BCUT2D eigenvalue weighted by molar-refractivity contribution is -0.111. The Morgan fingerprint density at radius 3 is 2.70 bits per heavy atom. The van der Waals surface area contributed by atoms with Crippen molar-refractivity contribution in [3.63, 3.8) is 0 Å². The number of fused-ring (bicyclic) bond motifs is 1. The summed E-state index contributed by atoms with van der Waals surface area (Å²) in [7, 11) is -2.87. The maximum atomic E-state index is 15.6. The smallest absolute Gasteiger partial charge is 0.465 e. The molecule has 17 heteroatoms. The highest BCUT2D eigenvalue weighted by molar-refractivity contribution is 7.46. The average molecular weight is 633 g/mol. The van der Waals surface area contributed by atoms with Gasteiger partial charge in [0.2, 0.25) is 11.9 Å². The Morgan fingerprint density at radius 2 is 1.98 bits per heavy atom. The molecule has 1 saturated heterocycles. The van der Waals surface area contributed by atoms with Gasteiger partial charge in [-0.2, -0.15) is 10.1 Å². The summed E-state index contributed by atoms with van der Waals surface area (Å²) in [4.78, 5) is 42.9. The van der Waals surface area contributed by atoms with Crippen LogP contribution in [0.5, 0.6) is 5.75 Å². The number of piperazine rings is 1. The lowest BCUT2D eigenvalue weighted by Gasteiger charge is -2.35. The molecule has 0 bridgehead atoms. The molecule has 0 spiro atoms. The van der Waals surface area contributed by atoms with Crippen molar-refractivity contribution in [3.8, 4) is 17.0 Å². The van der Waals surface area contributed by atoms with Crippen LogP contribution < -0.4 is 20.3 Å². The number of halogens is 2. The highest BCUT2D eigenvalue weighted by atomic mass is 35.5. The topological polar surface area (TPSA) is 178 Å². The molecule has 5 N–H and O–H groups in total. The largest absolute Gasteiger partial charge is 0.472 e. The number of H-pyrrole nitrogens is 1. The molecule has 226 valence electrons. The van der Waals surface area contributed by atoms with Gasteiger partial charge in [0.25, 0.3) is 0 Å². The molecule has 3 heterocycles. The Bertz CT molecular complexity index is 1730. The van der Waals surface area contributed by atoms with Crippen LogP contribution in [-0.4, -0.2) is 80.8 Å². The fraction of sp³-hybridized carbons (Fsp3) is 0.231. The zero-order valence-corrected chi connectivity index (χ0v) is 24.4. The van der Waals surface area contributed by atoms with E-state index in [1.807, 2.05) is 7.05 Å². The Balaban J connectivity index is 1.51. The van der Waals surface area contributed by atoms with Crippen molar-refractivity contribution in [3.05, 3.63) is 60.0 Å². The highest BCUT2D eigenvalue weighted by Gasteiger charge is 2.24. The van der Waals surface area contributed by atoms with Gasteiger partial charge in [-0.25, -0.2) is 18.5 Å². The molecule has 1 aliphatic rings. The molecule has 1 fully saturated rings. The van der Waals surface area contributed by atoms with Gasteiger partial charge in [-0.3, -0.25) is 9.89 Å². The number of phosphoric acid groups is 1. The van der Waals surface area contributed by atoms with E-state index in [2.05, 4.69) is 46.8 Å². The third-order valence-corrected chi connectivity index (χ3v) is 7.22. The standard InChI is InChI=1S/C26H27ClFN8O6P/c1-3-20(37)29-16-6-4-5-15(11-16)22-21-24(27)33-34-25(21)32-26(31-22)30-17-12-18(28)23(36-9-7-35(2)8-10-36)19(13-17)41-14-42-43(38,39)40/h3-6,11-13H,1,7-10,14H2,2H3,(H,29,37)(H2,38,39,40)(H2,30,31,32,33,34). The molecule has 43 heavy (non-hydrogen) atoms. The number of aromatic nitrogens is 4. The van der Waals surface area contributed by atoms with Gasteiger partial charge in [0.1, 0.15) is 5.69 Å². The highest BCUT2D eigenvalue weighted by Crippen LogP contribution is 2.39. The number of carbonyl (C=O) groups is 1. The third kappa shape index (κ3) is 7.28. The van der Waals surface area contributed by atoms with E-state index in [4.69, 9.17) is 26.1 Å². The summed E-state index contributed by atoms with van der Waals surface area (Å²) in [5.41, 5.74) is 2.05. The number of likely N-dealkylation sites (N-methyl/N-ethyl adjacent to an activating group) is 1. The van der Waals surface area contributed by atoms with Crippen molar-refractivity contribution in [2.24, 2.45) is 0 Å². The van der Waals surface area contributed by atoms with Crippen LogP contribution in [0.25, 0.3) is 22.3 Å². The number of carbonyl (C=O) groups excluding carboxylic acids is 1. The van der Waals surface area contributed by atoms with E-state index >= 15 is 4.39 Å². The molecular formula is C26H27ClFN8O6P. The third-order valence-electron chi connectivity index (χ3n) is 6.50. The molecule has 0 unspecified atom stereocenters. The van der Waals surface area contributed by atoms with Gasteiger partial charge in [0.15, 0.2) is 29.2 Å². The fourth-order valence-corrected chi connectivity index (χ4v) is 4.89. The monoisotopic (exact) mass is 632 g/mol. The fourth-order valence-electron chi connectivity index (χ4n) is 4.48. The first-order valence-electron chi connectivity index (χ1n) is 12.8. The molecule has 0 atom stereocenters. The predicted octanol–water partition coefficient (Wildman–Crippen LogP) is 3.88. The number of nitrogens with one attached hydrogen (secondary N) is 3. The van der Waals surface area contributed by atoms with Crippen molar-refractivity contribution in [2.75, 3.05) is 55.6 Å². The van der Waals surface area contributed by atoms with Crippen LogP contribution in [0.3, 0.4) is 0 Å². The van der Waals surface area contributed by atoms with E-state index in [-0.39, 0.29) is 34.1 Å². The van der Waals surface area contributed by atoms with E-state index in [0.717, 1.165) is 6.08 Å². The van der Waals surface area contributed by atoms with Crippen LogP contribution in [-0.2, 0) is 13.9 Å². The average Bonchev–Trinajstić information content (AvgIpc) is 3.33. The maximum Gasteiger partial charge on any atom is 0.472 e. The van der Waals surface area contributed by atoms with Crippen molar-refractivity contribution >= 4 is 59.4 Å². The van der Waals surface area contributed by atoms with Gasteiger partial charge in [-0.15, -0.1) is 0 Å². The number of benzene rings is 2. The van der Waals surface area contributed by atoms with Gasteiger partial charge >= 0.3 is 7.82 Å². The number of aromatic amines is 1. The normalized spacial score (nSPS) is 14.1. The summed E-state index contributed by atoms with van der Waals surface area (Å²) in [6, 6.07) is 9.56. The first-order chi connectivity index (χ1) is 20.5. The number of amides is 1. The van der Waals surface area contributed by atoms with Crippen molar-refractivity contribution in [1.29, 1.82) is 0 Å². The zero-order chi connectivity index (χ0) is 30.7. The lowest BCUT2D eigenvalue weighted by atomic mass is 10.1. The Labute approximate surface area is 249 Å². The summed E-state index contributed by atoms with van der Waals surface area (Å²) < 4.78 is 36.8. The number of anilines is 4. The number of phosphoric ester groups is 1. The summed E-state index contributed by atoms with van der Waals surface area (Å²) >= 11 is 6.34.